The van der Waals surface area contributed by atoms with Gasteiger partial charge in [0.05, 0.1) is 10.7 Å². The molecule has 0 unspecified atom stereocenters. The number of hydrogen-bond acceptors (Lipinski definition) is 3. The van der Waals surface area contributed by atoms with Gasteiger partial charge in [0, 0.05) is 26.2 Å². The normalized spacial score (nSPS) is 15.2. The minimum absolute atomic E-state index is 0.135. The first-order valence-electron chi connectivity index (χ1n) is 7.64. The summed E-state index contributed by atoms with van der Waals surface area (Å²) in [5.74, 6) is -0.469. The largest absolute Gasteiger partial charge is 0.444 e. The minimum atomic E-state index is -0.551. The monoisotopic (exact) mass is 357 g/mol. The molecule has 1 heterocycles. The van der Waals surface area contributed by atoms with Crippen LogP contribution in [-0.4, -0.2) is 53.7 Å². The summed E-state index contributed by atoms with van der Waals surface area (Å²) in [6.07, 6.45) is -0.385. The van der Waals surface area contributed by atoms with Crippen LogP contribution in [0.2, 0.25) is 5.02 Å². The van der Waals surface area contributed by atoms with Gasteiger partial charge in [0.25, 0.3) is 0 Å². The zero-order valence-corrected chi connectivity index (χ0v) is 14.7. The molecule has 0 atom stereocenters. The number of nitrogens with one attached hydrogen (secondary N) is 1. The average Bonchev–Trinajstić information content (AvgIpc) is 2.48. The first kappa shape index (κ1) is 18.3. The molecule has 1 N–H and O–H groups in total. The van der Waals surface area contributed by atoms with Gasteiger partial charge in [0.2, 0.25) is 0 Å². The van der Waals surface area contributed by atoms with Crippen LogP contribution < -0.4 is 5.32 Å². The highest BCUT2D eigenvalue weighted by molar-refractivity contribution is 6.33. The molecule has 6 nitrogen and oxygen atoms in total. The molecule has 132 valence electrons. The molecular formula is C16H21ClFN3O3. The molecule has 24 heavy (non-hydrogen) atoms. The van der Waals surface area contributed by atoms with Crippen molar-refractivity contribution in [2.75, 3.05) is 31.5 Å². The van der Waals surface area contributed by atoms with Crippen molar-refractivity contribution in [2.24, 2.45) is 0 Å². The molecule has 0 saturated carbocycles. The van der Waals surface area contributed by atoms with Crippen molar-refractivity contribution in [3.8, 4) is 0 Å². The third-order valence-corrected chi connectivity index (χ3v) is 3.70. The van der Waals surface area contributed by atoms with Crippen LogP contribution in [0.15, 0.2) is 18.2 Å². The van der Waals surface area contributed by atoms with Crippen molar-refractivity contribution >= 4 is 29.4 Å². The molecule has 3 amide bonds. The van der Waals surface area contributed by atoms with E-state index in [1.807, 2.05) is 0 Å². The fourth-order valence-corrected chi connectivity index (χ4v) is 2.42. The third kappa shape index (κ3) is 4.99. The number of anilines is 1. The van der Waals surface area contributed by atoms with Gasteiger partial charge in [0.15, 0.2) is 0 Å². The van der Waals surface area contributed by atoms with Crippen molar-refractivity contribution in [1.82, 2.24) is 9.80 Å². The summed E-state index contributed by atoms with van der Waals surface area (Å²) in [7, 11) is 0. The summed E-state index contributed by atoms with van der Waals surface area (Å²) < 4.78 is 18.3. The Labute approximate surface area is 145 Å². The Morgan fingerprint density at radius 2 is 1.75 bits per heavy atom. The lowest BCUT2D eigenvalue weighted by Gasteiger charge is -2.35. The second-order valence-corrected chi connectivity index (χ2v) is 6.92. The maximum atomic E-state index is 13.0. The maximum Gasteiger partial charge on any atom is 0.410 e. The van der Waals surface area contributed by atoms with Gasteiger partial charge in [-0.15, -0.1) is 0 Å². The Morgan fingerprint density at radius 3 is 2.29 bits per heavy atom. The highest BCUT2D eigenvalue weighted by atomic mass is 35.5. The minimum Gasteiger partial charge on any atom is -0.444 e. The zero-order chi connectivity index (χ0) is 17.9. The molecule has 1 fully saturated rings. The van der Waals surface area contributed by atoms with Gasteiger partial charge in [-0.25, -0.2) is 14.0 Å². The summed E-state index contributed by atoms with van der Waals surface area (Å²) in [5, 5.41) is 2.78. The summed E-state index contributed by atoms with van der Waals surface area (Å²) in [6, 6.07) is 3.43. The number of nitrogens with zero attached hydrogens (tertiary/aromatic N) is 2. The van der Waals surface area contributed by atoms with E-state index < -0.39 is 11.4 Å². The number of benzene rings is 1. The lowest BCUT2D eigenvalue weighted by Crippen LogP contribution is -2.52. The second-order valence-electron chi connectivity index (χ2n) is 6.51. The second kappa shape index (κ2) is 7.25. The van der Waals surface area contributed by atoms with Gasteiger partial charge in [-0.2, -0.15) is 0 Å². The van der Waals surface area contributed by atoms with Gasteiger partial charge < -0.3 is 19.9 Å². The highest BCUT2D eigenvalue weighted by Gasteiger charge is 2.27. The molecule has 1 aliphatic rings. The molecular weight excluding hydrogens is 337 g/mol. The zero-order valence-electron chi connectivity index (χ0n) is 13.9. The standard InChI is InChI=1S/C16H21ClFN3O3/c1-16(2,3)24-15(23)21-8-6-20(7-9-21)14(22)19-13-5-4-11(18)10-12(13)17/h4-5,10H,6-9H2,1-3H3,(H,19,22). The van der Waals surface area contributed by atoms with Crippen LogP contribution in [0.25, 0.3) is 0 Å². The average molecular weight is 358 g/mol. The lowest BCUT2D eigenvalue weighted by molar-refractivity contribution is 0.0174. The first-order valence-corrected chi connectivity index (χ1v) is 8.02. The number of halogens is 2. The fourth-order valence-electron chi connectivity index (χ4n) is 2.20. The van der Waals surface area contributed by atoms with Crippen LogP contribution in [0.1, 0.15) is 20.8 Å². The molecule has 1 saturated heterocycles. The molecule has 2 rings (SSSR count). The quantitative estimate of drug-likeness (QED) is 0.835. The lowest BCUT2D eigenvalue weighted by atomic mass is 10.2. The van der Waals surface area contributed by atoms with E-state index in [9.17, 15) is 14.0 Å². The Hall–Kier alpha value is -2.02. The van der Waals surface area contributed by atoms with Crippen LogP contribution in [0.5, 0.6) is 0 Å². The molecule has 0 radical (unpaired) electrons. The highest BCUT2D eigenvalue weighted by Crippen LogP contribution is 2.23. The Balaban J connectivity index is 1.87. The van der Waals surface area contributed by atoms with E-state index in [4.69, 9.17) is 16.3 Å². The molecule has 1 aliphatic heterocycles. The van der Waals surface area contributed by atoms with E-state index in [0.717, 1.165) is 6.07 Å². The van der Waals surface area contributed by atoms with E-state index in [1.165, 1.54) is 12.1 Å². The predicted octanol–water partition coefficient (Wildman–Crippen LogP) is 3.56. The van der Waals surface area contributed by atoms with E-state index in [1.54, 1.807) is 30.6 Å². The van der Waals surface area contributed by atoms with E-state index in [2.05, 4.69) is 5.32 Å². The molecule has 0 aliphatic carbocycles. The van der Waals surface area contributed by atoms with Crippen LogP contribution in [-0.2, 0) is 4.74 Å². The Kier molecular flexibility index (Phi) is 5.54. The van der Waals surface area contributed by atoms with Crippen molar-refractivity contribution < 1.29 is 18.7 Å². The van der Waals surface area contributed by atoms with Crippen LogP contribution >= 0.6 is 11.6 Å². The number of urea groups is 1. The van der Waals surface area contributed by atoms with E-state index in [-0.39, 0.29) is 17.1 Å². The topological polar surface area (TPSA) is 61.9 Å². The number of carbonyl (C=O) groups is 2. The molecule has 1 aromatic carbocycles. The SMILES string of the molecule is CC(C)(C)OC(=O)N1CCN(C(=O)Nc2ccc(F)cc2Cl)CC1. The summed E-state index contributed by atoms with van der Waals surface area (Å²) in [5.41, 5.74) is -0.206. The summed E-state index contributed by atoms with van der Waals surface area (Å²) in [6.45, 7) is 6.95. The molecule has 0 bridgehead atoms. The Bertz CT molecular complexity index is 625. The van der Waals surface area contributed by atoms with Gasteiger partial charge >= 0.3 is 12.1 Å². The van der Waals surface area contributed by atoms with Crippen molar-refractivity contribution in [3.63, 3.8) is 0 Å². The van der Waals surface area contributed by atoms with Crippen LogP contribution in [0.3, 0.4) is 0 Å². The molecule has 1 aromatic rings. The van der Waals surface area contributed by atoms with Crippen molar-refractivity contribution in [2.45, 2.75) is 26.4 Å². The van der Waals surface area contributed by atoms with Crippen molar-refractivity contribution in [3.05, 3.63) is 29.0 Å². The molecule has 8 heteroatoms. The van der Waals surface area contributed by atoms with Crippen LogP contribution in [0.4, 0.5) is 19.7 Å². The van der Waals surface area contributed by atoms with E-state index in [0.29, 0.717) is 31.9 Å². The van der Waals surface area contributed by atoms with Gasteiger partial charge in [0.1, 0.15) is 11.4 Å². The maximum absolute atomic E-state index is 13.0. The number of carbonyl (C=O) groups excluding carboxylic acids is 2. The third-order valence-electron chi connectivity index (χ3n) is 3.39. The first-order chi connectivity index (χ1) is 11.2. The smallest absolute Gasteiger partial charge is 0.410 e. The molecule has 0 aromatic heterocycles. The van der Waals surface area contributed by atoms with E-state index >= 15 is 0 Å². The van der Waals surface area contributed by atoms with Crippen molar-refractivity contribution in [1.29, 1.82) is 0 Å². The Morgan fingerprint density at radius 1 is 1.17 bits per heavy atom. The summed E-state index contributed by atoms with van der Waals surface area (Å²) >= 11 is 5.90. The summed E-state index contributed by atoms with van der Waals surface area (Å²) in [4.78, 5) is 27.4. The predicted molar refractivity (Wildman–Crippen MR) is 89.8 cm³/mol. The van der Waals surface area contributed by atoms with Crippen LogP contribution in [0, 0.1) is 5.82 Å². The number of piperazine rings is 1. The number of amides is 3. The number of ether oxygens (including phenoxy) is 1. The van der Waals surface area contributed by atoms with Gasteiger partial charge in [-0.05, 0) is 39.0 Å². The number of hydrogen-bond donors (Lipinski definition) is 1. The fraction of sp³-hybridized carbons (Fsp3) is 0.500. The number of rotatable bonds is 1. The van der Waals surface area contributed by atoms with Gasteiger partial charge in [-0.3, -0.25) is 0 Å². The van der Waals surface area contributed by atoms with Gasteiger partial charge in [-0.1, -0.05) is 11.6 Å². The molecule has 0 spiro atoms.